The van der Waals surface area contributed by atoms with E-state index in [1.54, 1.807) is 13.0 Å². The van der Waals surface area contributed by atoms with Crippen LogP contribution in [0.1, 0.15) is 55.8 Å². The molecule has 0 radical (unpaired) electrons. The van der Waals surface area contributed by atoms with E-state index in [2.05, 4.69) is 24.1 Å². The second-order valence-electron chi connectivity index (χ2n) is 6.63. The van der Waals surface area contributed by atoms with Crippen LogP contribution in [0.3, 0.4) is 0 Å². The van der Waals surface area contributed by atoms with Gasteiger partial charge in [-0.3, -0.25) is 9.36 Å². The summed E-state index contributed by atoms with van der Waals surface area (Å²) in [4.78, 5) is 14.6. The Balaban J connectivity index is 1.78. The van der Waals surface area contributed by atoms with E-state index in [4.69, 9.17) is 0 Å². The number of carbonyl (C=O) groups is 1. The summed E-state index contributed by atoms with van der Waals surface area (Å²) in [7, 11) is 0. The maximum atomic E-state index is 13.0. The molecule has 6 heteroatoms. The van der Waals surface area contributed by atoms with Crippen molar-refractivity contribution in [1.29, 1.82) is 0 Å². The molecule has 1 aromatic rings. The molecule has 0 spiro atoms. The van der Waals surface area contributed by atoms with Gasteiger partial charge < -0.3 is 10.2 Å². The zero-order chi connectivity index (χ0) is 17.0. The second kappa shape index (κ2) is 7.90. The molecule has 2 rings (SSSR count). The Labute approximate surface area is 136 Å². The van der Waals surface area contributed by atoms with E-state index in [9.17, 15) is 13.6 Å². The van der Waals surface area contributed by atoms with Gasteiger partial charge in [-0.2, -0.15) is 8.78 Å². The van der Waals surface area contributed by atoms with Crippen molar-refractivity contribution in [3.63, 3.8) is 0 Å². The molecule has 0 aliphatic carbocycles. The van der Waals surface area contributed by atoms with Gasteiger partial charge in [0.2, 0.25) is 0 Å². The molecule has 1 aliphatic rings. The first-order chi connectivity index (χ1) is 10.9. The highest BCUT2D eigenvalue weighted by atomic mass is 19.3. The number of aryl methyl sites for hydroxylation is 1. The zero-order valence-electron chi connectivity index (χ0n) is 14.2. The first kappa shape index (κ1) is 17.9. The van der Waals surface area contributed by atoms with E-state index < -0.39 is 12.5 Å². The maximum Gasteiger partial charge on any atom is 0.319 e. The highest BCUT2D eigenvalue weighted by Crippen LogP contribution is 2.22. The maximum absolute atomic E-state index is 13.0. The van der Waals surface area contributed by atoms with E-state index in [0.29, 0.717) is 24.2 Å². The minimum atomic E-state index is -2.69. The largest absolute Gasteiger partial charge is 0.351 e. The summed E-state index contributed by atoms with van der Waals surface area (Å²) < 4.78 is 26.7. The minimum Gasteiger partial charge on any atom is -0.351 e. The number of hydrogen-bond acceptors (Lipinski definition) is 2. The van der Waals surface area contributed by atoms with E-state index in [1.807, 2.05) is 0 Å². The molecule has 1 aliphatic heterocycles. The van der Waals surface area contributed by atoms with Crippen LogP contribution in [-0.2, 0) is 0 Å². The number of rotatable bonds is 6. The molecule has 1 N–H and O–H groups in total. The fourth-order valence-electron chi connectivity index (χ4n) is 3.23. The fourth-order valence-corrected chi connectivity index (χ4v) is 3.23. The Morgan fingerprint density at radius 2 is 1.96 bits per heavy atom. The van der Waals surface area contributed by atoms with Crippen LogP contribution < -0.4 is 5.32 Å². The van der Waals surface area contributed by atoms with Crippen molar-refractivity contribution in [1.82, 2.24) is 14.8 Å². The molecule has 2 heterocycles. The van der Waals surface area contributed by atoms with Crippen LogP contribution in [0.4, 0.5) is 8.78 Å². The Morgan fingerprint density at radius 3 is 2.52 bits per heavy atom. The third-order valence-corrected chi connectivity index (χ3v) is 4.77. The van der Waals surface area contributed by atoms with Gasteiger partial charge in [-0.25, -0.2) is 0 Å². The zero-order valence-corrected chi connectivity index (χ0v) is 14.2. The SMILES string of the molecule is Cc1ccc(C(=O)NCCC2CCN(C(C)C)CC2)n1C(F)F. The van der Waals surface area contributed by atoms with Crippen LogP contribution in [0, 0.1) is 12.8 Å². The van der Waals surface area contributed by atoms with Gasteiger partial charge >= 0.3 is 6.55 Å². The van der Waals surface area contributed by atoms with Crippen molar-refractivity contribution < 1.29 is 13.6 Å². The van der Waals surface area contributed by atoms with Crippen LogP contribution in [0.5, 0.6) is 0 Å². The molecule has 0 bridgehead atoms. The number of alkyl halides is 2. The van der Waals surface area contributed by atoms with Crippen LogP contribution in [-0.4, -0.2) is 41.1 Å². The summed E-state index contributed by atoms with van der Waals surface area (Å²) in [6, 6.07) is 3.58. The predicted molar refractivity (Wildman–Crippen MR) is 86.8 cm³/mol. The van der Waals surface area contributed by atoms with E-state index in [1.165, 1.54) is 6.07 Å². The van der Waals surface area contributed by atoms with Gasteiger partial charge in [0.1, 0.15) is 5.69 Å². The molecule has 4 nitrogen and oxygen atoms in total. The number of halogens is 2. The lowest BCUT2D eigenvalue weighted by Crippen LogP contribution is -2.39. The molecule has 23 heavy (non-hydrogen) atoms. The van der Waals surface area contributed by atoms with Crippen LogP contribution in [0.15, 0.2) is 12.1 Å². The van der Waals surface area contributed by atoms with Crippen molar-refractivity contribution in [3.05, 3.63) is 23.5 Å². The molecular weight excluding hydrogens is 300 g/mol. The third kappa shape index (κ3) is 4.53. The summed E-state index contributed by atoms with van der Waals surface area (Å²) in [5.41, 5.74) is 0.429. The third-order valence-electron chi connectivity index (χ3n) is 4.77. The van der Waals surface area contributed by atoms with Crippen LogP contribution >= 0.6 is 0 Å². The van der Waals surface area contributed by atoms with Crippen molar-refractivity contribution >= 4 is 5.91 Å². The summed E-state index contributed by atoms with van der Waals surface area (Å²) in [5, 5.41) is 2.78. The van der Waals surface area contributed by atoms with Gasteiger partial charge in [0, 0.05) is 18.3 Å². The molecule has 1 fully saturated rings. The summed E-state index contributed by atoms with van der Waals surface area (Å²) in [6.07, 6.45) is 3.19. The number of carbonyl (C=O) groups excluding carboxylic acids is 1. The first-order valence-corrected chi connectivity index (χ1v) is 8.38. The van der Waals surface area contributed by atoms with Gasteiger partial charge in [-0.05, 0) is 71.2 Å². The lowest BCUT2D eigenvalue weighted by atomic mass is 9.93. The van der Waals surface area contributed by atoms with Gasteiger partial charge in [0.25, 0.3) is 5.91 Å². The average Bonchev–Trinajstić information content (AvgIpc) is 2.89. The smallest absolute Gasteiger partial charge is 0.319 e. The van der Waals surface area contributed by atoms with Crippen LogP contribution in [0.25, 0.3) is 0 Å². The number of amides is 1. The number of likely N-dealkylation sites (tertiary alicyclic amines) is 1. The minimum absolute atomic E-state index is 0.0344. The van der Waals surface area contributed by atoms with Crippen molar-refractivity contribution in [2.45, 2.75) is 52.6 Å². The van der Waals surface area contributed by atoms with Crippen LogP contribution in [0.2, 0.25) is 0 Å². The summed E-state index contributed by atoms with van der Waals surface area (Å²) in [6.45, 7) is 6.05. The standard InChI is InChI=1S/C17H27F2N3O/c1-12(2)21-10-7-14(8-11-21)6-9-20-16(23)15-5-4-13(3)22(15)17(18)19/h4-5,12,14,17H,6-11H2,1-3H3,(H,20,23). The lowest BCUT2D eigenvalue weighted by Gasteiger charge is -2.34. The molecule has 130 valence electrons. The summed E-state index contributed by atoms with van der Waals surface area (Å²) in [5.74, 6) is 0.187. The number of piperidine rings is 1. The number of aromatic nitrogens is 1. The predicted octanol–water partition coefficient (Wildman–Crippen LogP) is 3.43. The number of nitrogens with zero attached hydrogens (tertiary/aromatic N) is 2. The highest BCUT2D eigenvalue weighted by Gasteiger charge is 2.22. The van der Waals surface area contributed by atoms with Crippen molar-refractivity contribution in [2.75, 3.05) is 19.6 Å². The second-order valence-corrected chi connectivity index (χ2v) is 6.63. The topological polar surface area (TPSA) is 37.3 Å². The van der Waals surface area contributed by atoms with E-state index in [0.717, 1.165) is 36.9 Å². The summed E-state index contributed by atoms with van der Waals surface area (Å²) >= 11 is 0. The average molecular weight is 327 g/mol. The molecule has 0 aromatic carbocycles. The monoisotopic (exact) mass is 327 g/mol. The van der Waals surface area contributed by atoms with Gasteiger partial charge in [-0.15, -0.1) is 0 Å². The van der Waals surface area contributed by atoms with Gasteiger partial charge in [0.15, 0.2) is 0 Å². The lowest BCUT2D eigenvalue weighted by molar-refractivity contribution is 0.0617. The Bertz CT molecular complexity index is 520. The Morgan fingerprint density at radius 1 is 1.30 bits per heavy atom. The fraction of sp³-hybridized carbons (Fsp3) is 0.706. The molecule has 1 aromatic heterocycles. The molecule has 0 saturated carbocycles. The Hall–Kier alpha value is -1.43. The quantitative estimate of drug-likeness (QED) is 0.869. The molecular formula is C17H27F2N3O. The van der Waals surface area contributed by atoms with Crippen molar-refractivity contribution in [3.8, 4) is 0 Å². The molecule has 0 atom stereocenters. The number of hydrogen-bond donors (Lipinski definition) is 1. The number of nitrogens with one attached hydrogen (secondary N) is 1. The molecule has 0 unspecified atom stereocenters. The normalized spacial score (nSPS) is 17.2. The van der Waals surface area contributed by atoms with Gasteiger partial charge in [0.05, 0.1) is 0 Å². The van der Waals surface area contributed by atoms with E-state index in [-0.39, 0.29) is 5.69 Å². The highest BCUT2D eigenvalue weighted by molar-refractivity contribution is 5.92. The first-order valence-electron chi connectivity index (χ1n) is 8.38. The molecule has 1 amide bonds. The van der Waals surface area contributed by atoms with Crippen molar-refractivity contribution in [2.24, 2.45) is 5.92 Å². The Kier molecular flexibility index (Phi) is 6.16. The van der Waals surface area contributed by atoms with Gasteiger partial charge in [-0.1, -0.05) is 0 Å². The molecule has 1 saturated heterocycles. The van der Waals surface area contributed by atoms with E-state index >= 15 is 0 Å².